The molecular formula is C32H52O7. The van der Waals surface area contributed by atoms with E-state index in [1.54, 1.807) is 7.11 Å². The summed E-state index contributed by atoms with van der Waals surface area (Å²) in [5.74, 6) is -1.56. The Hall–Kier alpha value is -1.22. The molecule has 0 aliphatic carbocycles. The number of ether oxygens (including phenoxy) is 7. The summed E-state index contributed by atoms with van der Waals surface area (Å²) in [4.78, 5) is 0. The second kappa shape index (κ2) is 13.6. The summed E-state index contributed by atoms with van der Waals surface area (Å²) in [5, 5.41) is 0. The van der Waals surface area contributed by atoms with Crippen molar-refractivity contribution in [2.45, 2.75) is 147 Å². The second-order valence-corrected chi connectivity index (χ2v) is 12.3. The number of benzene rings is 1. The first-order valence-electron chi connectivity index (χ1n) is 15.3. The van der Waals surface area contributed by atoms with Crippen LogP contribution in [0, 0.1) is 0 Å². The van der Waals surface area contributed by atoms with Gasteiger partial charge in [-0.1, -0.05) is 64.7 Å². The fourth-order valence-corrected chi connectivity index (χ4v) is 6.10. The largest absolute Gasteiger partial charge is 0.497 e. The highest BCUT2D eigenvalue weighted by Gasteiger charge is 2.59. The molecule has 3 heterocycles. The Morgan fingerprint density at radius 3 is 1.90 bits per heavy atom. The summed E-state index contributed by atoms with van der Waals surface area (Å²) in [7, 11) is 1.68. The summed E-state index contributed by atoms with van der Waals surface area (Å²) in [6, 6.07) is 7.98. The van der Waals surface area contributed by atoms with E-state index in [2.05, 4.69) is 6.92 Å². The molecule has 4 rings (SSSR count). The first-order valence-corrected chi connectivity index (χ1v) is 15.3. The van der Waals surface area contributed by atoms with Crippen LogP contribution >= 0.6 is 0 Å². The van der Waals surface area contributed by atoms with Crippen LogP contribution in [0.15, 0.2) is 24.3 Å². The highest BCUT2D eigenvalue weighted by Crippen LogP contribution is 2.48. The zero-order chi connectivity index (χ0) is 27.9. The van der Waals surface area contributed by atoms with E-state index in [4.69, 9.17) is 33.2 Å². The molecule has 3 aliphatic heterocycles. The van der Waals surface area contributed by atoms with E-state index < -0.39 is 23.5 Å². The van der Waals surface area contributed by atoms with Crippen molar-refractivity contribution in [2.75, 3.05) is 20.3 Å². The van der Waals surface area contributed by atoms with Gasteiger partial charge in [-0.15, -0.1) is 0 Å². The third-order valence-corrected chi connectivity index (χ3v) is 8.10. The zero-order valence-corrected chi connectivity index (χ0v) is 25.2. The topological polar surface area (TPSA) is 64.6 Å². The third kappa shape index (κ3) is 8.17. The number of methoxy groups -OCH3 is 1. The molecule has 5 atom stereocenters. The van der Waals surface area contributed by atoms with Crippen molar-refractivity contribution in [1.82, 2.24) is 0 Å². The van der Waals surface area contributed by atoms with E-state index >= 15 is 0 Å². The molecule has 0 bridgehead atoms. The van der Waals surface area contributed by atoms with Gasteiger partial charge in [0.25, 0.3) is 0 Å². The van der Waals surface area contributed by atoms with Gasteiger partial charge in [0.05, 0.1) is 26.4 Å². The molecule has 39 heavy (non-hydrogen) atoms. The molecule has 0 radical (unpaired) electrons. The van der Waals surface area contributed by atoms with Crippen LogP contribution in [0.5, 0.6) is 5.75 Å². The molecule has 0 spiro atoms. The van der Waals surface area contributed by atoms with Crippen LogP contribution in [0.4, 0.5) is 0 Å². The number of rotatable bonds is 15. The number of unbranched alkanes of at least 4 members (excludes halogenated alkanes) is 9. The number of hydrogen-bond donors (Lipinski definition) is 0. The van der Waals surface area contributed by atoms with Crippen LogP contribution in [0.25, 0.3) is 0 Å². The minimum Gasteiger partial charge on any atom is -0.497 e. The van der Waals surface area contributed by atoms with Gasteiger partial charge in [0.2, 0.25) is 0 Å². The van der Waals surface area contributed by atoms with Gasteiger partial charge in [-0.25, -0.2) is 0 Å². The number of hydrogen-bond acceptors (Lipinski definition) is 7. The van der Waals surface area contributed by atoms with Gasteiger partial charge in [0.1, 0.15) is 24.1 Å². The molecule has 3 saturated heterocycles. The Kier molecular flexibility index (Phi) is 10.7. The standard InChI is InChI=1S/C32H52O7/c1-7-8-9-10-11-12-13-14-15-16-21-34-32(24-17-19-25(33-6)20-18-24)22-26-28(38-31(4,5)36-26)29(39-32)27-23-35-30(2,3)37-27/h17-20,26-29H,7-16,21-23H2,1-6H3/t26-,27-,28-,29-,32+/m1/s1. The smallest absolute Gasteiger partial charge is 0.197 e. The maximum Gasteiger partial charge on any atom is 0.197 e. The van der Waals surface area contributed by atoms with Crippen LogP contribution in [0.3, 0.4) is 0 Å². The molecule has 1 aromatic carbocycles. The van der Waals surface area contributed by atoms with E-state index in [1.807, 2.05) is 52.0 Å². The Bertz CT molecular complexity index is 870. The molecule has 3 aliphatic rings. The third-order valence-electron chi connectivity index (χ3n) is 8.10. The Labute approximate surface area is 236 Å². The van der Waals surface area contributed by atoms with Gasteiger partial charge in [0, 0.05) is 12.0 Å². The maximum atomic E-state index is 6.94. The quantitative estimate of drug-likeness (QED) is 0.214. The average Bonchev–Trinajstić information content (AvgIpc) is 3.43. The van der Waals surface area contributed by atoms with E-state index in [9.17, 15) is 0 Å². The fourth-order valence-electron chi connectivity index (χ4n) is 6.10. The number of fused-ring (bicyclic) bond motifs is 1. The maximum absolute atomic E-state index is 6.94. The van der Waals surface area contributed by atoms with Gasteiger partial charge in [-0.2, -0.15) is 0 Å². The molecule has 0 unspecified atom stereocenters. The molecule has 7 nitrogen and oxygen atoms in total. The highest BCUT2D eigenvalue weighted by atomic mass is 16.8. The lowest BCUT2D eigenvalue weighted by Gasteiger charge is -2.46. The Morgan fingerprint density at radius 1 is 0.718 bits per heavy atom. The van der Waals surface area contributed by atoms with E-state index in [0.29, 0.717) is 19.6 Å². The highest BCUT2D eigenvalue weighted by molar-refractivity contribution is 5.31. The van der Waals surface area contributed by atoms with E-state index in [0.717, 1.165) is 24.2 Å². The molecule has 222 valence electrons. The van der Waals surface area contributed by atoms with Crippen LogP contribution in [0.2, 0.25) is 0 Å². The minimum absolute atomic E-state index is 0.194. The predicted octanol–water partition coefficient (Wildman–Crippen LogP) is 7.25. The van der Waals surface area contributed by atoms with Crippen LogP contribution in [-0.2, 0) is 34.2 Å². The fraction of sp³-hybridized carbons (Fsp3) is 0.812. The normalized spacial score (nSPS) is 31.3. The molecule has 0 amide bonds. The summed E-state index contributed by atoms with van der Waals surface area (Å²) < 4.78 is 44.1. The van der Waals surface area contributed by atoms with E-state index in [-0.39, 0.29) is 18.3 Å². The first-order chi connectivity index (χ1) is 18.7. The molecule has 0 N–H and O–H groups in total. The molecular weight excluding hydrogens is 496 g/mol. The van der Waals surface area contributed by atoms with Crippen molar-refractivity contribution in [3.05, 3.63) is 29.8 Å². The SMILES string of the molecule is CCCCCCCCCCCCO[C@@]1(c2ccc(OC)cc2)C[C@H]2OC(C)(C)O[C@H]2[C@@H]([C@H]2COC(C)(C)O2)O1. The van der Waals surface area contributed by atoms with Crippen molar-refractivity contribution in [3.63, 3.8) is 0 Å². The summed E-state index contributed by atoms with van der Waals surface area (Å²) >= 11 is 0. The van der Waals surface area contributed by atoms with Crippen molar-refractivity contribution >= 4 is 0 Å². The van der Waals surface area contributed by atoms with Crippen LogP contribution < -0.4 is 4.74 Å². The summed E-state index contributed by atoms with van der Waals surface area (Å²) in [6.07, 6.45) is 12.2. The van der Waals surface area contributed by atoms with Crippen molar-refractivity contribution < 1.29 is 33.2 Å². The Balaban J connectivity index is 1.43. The van der Waals surface area contributed by atoms with Crippen LogP contribution in [0.1, 0.15) is 111 Å². The first kappa shape index (κ1) is 30.7. The summed E-state index contributed by atoms with van der Waals surface area (Å²) in [6.45, 7) is 11.1. The predicted molar refractivity (Wildman–Crippen MR) is 151 cm³/mol. The average molecular weight is 549 g/mol. The van der Waals surface area contributed by atoms with E-state index in [1.165, 1.54) is 51.4 Å². The van der Waals surface area contributed by atoms with Gasteiger partial charge in [0.15, 0.2) is 17.4 Å². The lowest BCUT2D eigenvalue weighted by molar-refractivity contribution is -0.330. The lowest BCUT2D eigenvalue weighted by Crippen LogP contribution is -2.57. The Morgan fingerprint density at radius 2 is 1.31 bits per heavy atom. The van der Waals surface area contributed by atoms with Crippen molar-refractivity contribution in [1.29, 1.82) is 0 Å². The van der Waals surface area contributed by atoms with Gasteiger partial charge in [-0.05, 0) is 58.4 Å². The molecule has 0 aromatic heterocycles. The van der Waals surface area contributed by atoms with Gasteiger partial charge in [-0.3, -0.25) is 0 Å². The second-order valence-electron chi connectivity index (χ2n) is 12.3. The monoisotopic (exact) mass is 548 g/mol. The molecule has 7 heteroatoms. The lowest BCUT2D eigenvalue weighted by atomic mass is 9.89. The zero-order valence-electron chi connectivity index (χ0n) is 25.2. The van der Waals surface area contributed by atoms with Gasteiger partial charge >= 0.3 is 0 Å². The van der Waals surface area contributed by atoms with Gasteiger partial charge < -0.3 is 33.2 Å². The molecule has 0 saturated carbocycles. The van der Waals surface area contributed by atoms with Crippen molar-refractivity contribution in [3.8, 4) is 5.75 Å². The minimum atomic E-state index is -0.975. The van der Waals surface area contributed by atoms with Crippen molar-refractivity contribution in [2.24, 2.45) is 0 Å². The molecule has 3 fully saturated rings. The van der Waals surface area contributed by atoms with Crippen LogP contribution in [-0.4, -0.2) is 56.3 Å². The summed E-state index contributed by atoms with van der Waals surface area (Å²) in [5.41, 5.74) is 0.949. The molecule has 1 aromatic rings.